The fraction of sp³-hybridized carbons (Fsp3) is 0.238. The molecule has 1 atom stereocenters. The molecule has 1 aliphatic rings. The highest BCUT2D eigenvalue weighted by Gasteiger charge is 2.36. The monoisotopic (exact) mass is 453 g/mol. The first-order valence-corrected chi connectivity index (χ1v) is 10.9. The van der Waals surface area contributed by atoms with E-state index >= 15 is 0 Å². The highest BCUT2D eigenvalue weighted by atomic mass is 32.2. The molecule has 0 saturated heterocycles. The lowest BCUT2D eigenvalue weighted by molar-refractivity contribution is -0.385. The van der Waals surface area contributed by atoms with Gasteiger partial charge in [0.25, 0.3) is 5.69 Å². The van der Waals surface area contributed by atoms with Gasteiger partial charge in [-0.2, -0.15) is 4.98 Å². The Kier molecular flexibility index (Phi) is 5.91. The SMILES string of the molecule is CCOc1ccc([N+](=O)[O-])cc1[C@H]1Oc2nc(SC)nnc2-c2ccccc2N1C(C)=O. The Bertz CT molecular complexity index is 1200. The second-order valence-corrected chi connectivity index (χ2v) is 7.51. The number of aromatic nitrogens is 3. The second kappa shape index (κ2) is 8.79. The van der Waals surface area contributed by atoms with Crippen LogP contribution in [0.2, 0.25) is 0 Å². The van der Waals surface area contributed by atoms with Crippen molar-refractivity contribution in [2.24, 2.45) is 0 Å². The molecule has 32 heavy (non-hydrogen) atoms. The van der Waals surface area contributed by atoms with Gasteiger partial charge in [-0.1, -0.05) is 30.0 Å². The van der Waals surface area contributed by atoms with Crippen molar-refractivity contribution < 1.29 is 19.2 Å². The molecule has 3 aromatic rings. The number of non-ortho nitro benzene ring substituents is 1. The van der Waals surface area contributed by atoms with E-state index < -0.39 is 11.2 Å². The number of hydrogen-bond donors (Lipinski definition) is 0. The van der Waals surface area contributed by atoms with Crippen LogP contribution in [0.4, 0.5) is 11.4 Å². The Morgan fingerprint density at radius 3 is 2.75 bits per heavy atom. The molecular formula is C21H19N5O5S. The molecule has 0 N–H and O–H groups in total. The molecule has 1 aliphatic heterocycles. The van der Waals surface area contributed by atoms with Crippen molar-refractivity contribution in [1.82, 2.24) is 15.2 Å². The van der Waals surface area contributed by atoms with Gasteiger partial charge in [0.15, 0.2) is 5.69 Å². The van der Waals surface area contributed by atoms with Crippen LogP contribution in [0.5, 0.6) is 11.6 Å². The molecule has 0 spiro atoms. The average molecular weight is 453 g/mol. The Hall–Kier alpha value is -3.73. The lowest BCUT2D eigenvalue weighted by Gasteiger charge is -2.30. The van der Waals surface area contributed by atoms with E-state index in [9.17, 15) is 14.9 Å². The summed E-state index contributed by atoms with van der Waals surface area (Å²) in [5.74, 6) is 0.198. The standard InChI is InChI=1S/C21H19N5O5S/c1-4-30-17-10-9-13(26(28)29)11-15(17)20-25(12(2)27)16-8-6-5-7-14(16)18-19(31-20)22-21(32-3)24-23-18/h5-11,20H,4H2,1-3H3/t20-/m1/s1. The second-order valence-electron chi connectivity index (χ2n) is 6.74. The van der Waals surface area contributed by atoms with E-state index in [2.05, 4.69) is 15.2 Å². The highest BCUT2D eigenvalue weighted by molar-refractivity contribution is 7.98. The molecule has 2 heterocycles. The number of ether oxygens (including phenoxy) is 2. The number of nitro benzene ring substituents is 1. The zero-order valence-corrected chi connectivity index (χ0v) is 18.3. The number of benzene rings is 2. The van der Waals surface area contributed by atoms with Gasteiger partial charge in [-0.25, -0.2) is 0 Å². The molecule has 0 radical (unpaired) electrons. The lowest BCUT2D eigenvalue weighted by atomic mass is 10.1. The van der Waals surface area contributed by atoms with Crippen LogP contribution in [0.1, 0.15) is 25.6 Å². The summed E-state index contributed by atoms with van der Waals surface area (Å²) in [5.41, 5.74) is 1.67. The predicted molar refractivity (Wildman–Crippen MR) is 118 cm³/mol. The minimum absolute atomic E-state index is 0.154. The number of amides is 1. The number of anilines is 1. The Balaban J connectivity index is 2.00. The molecule has 1 aromatic heterocycles. The Morgan fingerprint density at radius 1 is 1.28 bits per heavy atom. The first-order chi connectivity index (χ1) is 15.4. The number of thioether (sulfide) groups is 1. The van der Waals surface area contributed by atoms with Crippen molar-refractivity contribution >= 4 is 29.0 Å². The summed E-state index contributed by atoms with van der Waals surface area (Å²) < 4.78 is 12.0. The third-order valence-electron chi connectivity index (χ3n) is 4.80. The average Bonchev–Trinajstić information content (AvgIpc) is 2.93. The van der Waals surface area contributed by atoms with Crippen molar-refractivity contribution in [3.8, 4) is 22.9 Å². The summed E-state index contributed by atoms with van der Waals surface area (Å²) >= 11 is 1.29. The van der Waals surface area contributed by atoms with Gasteiger partial charge in [0, 0.05) is 24.6 Å². The fourth-order valence-corrected chi connectivity index (χ4v) is 3.77. The summed E-state index contributed by atoms with van der Waals surface area (Å²) in [5, 5.41) is 20.3. The fourth-order valence-electron chi connectivity index (χ4n) is 3.47. The van der Waals surface area contributed by atoms with E-state index in [0.717, 1.165) is 0 Å². The lowest BCUT2D eigenvalue weighted by Crippen LogP contribution is -2.36. The number of hydrogen-bond acceptors (Lipinski definition) is 9. The van der Waals surface area contributed by atoms with E-state index in [4.69, 9.17) is 9.47 Å². The minimum atomic E-state index is -1.08. The Labute approximate surface area is 187 Å². The highest BCUT2D eigenvalue weighted by Crippen LogP contribution is 2.45. The third kappa shape index (κ3) is 3.82. The van der Waals surface area contributed by atoms with Crippen molar-refractivity contribution in [2.75, 3.05) is 17.8 Å². The van der Waals surface area contributed by atoms with Crippen LogP contribution in [0.25, 0.3) is 11.3 Å². The van der Waals surface area contributed by atoms with Crippen molar-refractivity contribution in [2.45, 2.75) is 25.2 Å². The first kappa shape index (κ1) is 21.5. The maximum Gasteiger partial charge on any atom is 0.270 e. The molecule has 0 aliphatic carbocycles. The van der Waals surface area contributed by atoms with Crippen LogP contribution in [0, 0.1) is 10.1 Å². The molecule has 10 nitrogen and oxygen atoms in total. The third-order valence-corrected chi connectivity index (χ3v) is 5.34. The van der Waals surface area contributed by atoms with Gasteiger partial charge in [-0.05, 0) is 25.3 Å². The summed E-state index contributed by atoms with van der Waals surface area (Å²) in [6.07, 6.45) is 0.726. The molecule has 0 unspecified atom stereocenters. The van der Waals surface area contributed by atoms with Crippen LogP contribution in [-0.4, -0.2) is 38.9 Å². The molecule has 0 saturated carbocycles. The molecule has 0 fully saturated rings. The summed E-state index contributed by atoms with van der Waals surface area (Å²) in [7, 11) is 0. The van der Waals surface area contributed by atoms with E-state index in [1.165, 1.54) is 41.8 Å². The van der Waals surface area contributed by atoms with E-state index in [-0.39, 0.29) is 17.5 Å². The quantitative estimate of drug-likeness (QED) is 0.320. The molecule has 11 heteroatoms. The van der Waals surface area contributed by atoms with Gasteiger partial charge >= 0.3 is 0 Å². The molecule has 2 aromatic carbocycles. The van der Waals surface area contributed by atoms with Crippen molar-refractivity contribution in [3.63, 3.8) is 0 Å². The Morgan fingerprint density at radius 2 is 2.06 bits per heavy atom. The van der Waals surface area contributed by atoms with Gasteiger partial charge in [0.2, 0.25) is 23.2 Å². The van der Waals surface area contributed by atoms with E-state index in [1.54, 1.807) is 31.4 Å². The largest absolute Gasteiger partial charge is 0.493 e. The van der Waals surface area contributed by atoms with Gasteiger partial charge in [-0.15, -0.1) is 10.2 Å². The number of nitrogens with zero attached hydrogens (tertiary/aromatic N) is 5. The number of fused-ring (bicyclic) bond motifs is 3. The number of para-hydroxylation sites is 1. The molecule has 0 bridgehead atoms. The number of carbonyl (C=O) groups excluding carboxylic acids is 1. The van der Waals surface area contributed by atoms with Crippen LogP contribution in [0.3, 0.4) is 0 Å². The topological polar surface area (TPSA) is 121 Å². The van der Waals surface area contributed by atoms with Crippen LogP contribution < -0.4 is 14.4 Å². The van der Waals surface area contributed by atoms with Gasteiger partial charge in [0.1, 0.15) is 5.75 Å². The summed E-state index contributed by atoms with van der Waals surface area (Å²) in [6.45, 7) is 3.52. The van der Waals surface area contributed by atoms with Gasteiger partial charge in [-0.3, -0.25) is 19.8 Å². The zero-order valence-electron chi connectivity index (χ0n) is 17.5. The zero-order chi connectivity index (χ0) is 22.8. The van der Waals surface area contributed by atoms with Crippen LogP contribution in [-0.2, 0) is 4.79 Å². The molecule has 4 rings (SSSR count). The number of carbonyl (C=O) groups is 1. The van der Waals surface area contributed by atoms with Crippen molar-refractivity contribution in [1.29, 1.82) is 0 Å². The van der Waals surface area contributed by atoms with Gasteiger partial charge in [0.05, 0.1) is 22.8 Å². The summed E-state index contributed by atoms with van der Waals surface area (Å²) in [6, 6.07) is 11.3. The molecular weight excluding hydrogens is 434 g/mol. The smallest absolute Gasteiger partial charge is 0.270 e. The van der Waals surface area contributed by atoms with Crippen LogP contribution in [0.15, 0.2) is 47.6 Å². The van der Waals surface area contributed by atoms with Crippen LogP contribution >= 0.6 is 11.8 Å². The first-order valence-electron chi connectivity index (χ1n) is 9.70. The normalized spacial score (nSPS) is 14.6. The predicted octanol–water partition coefficient (Wildman–Crippen LogP) is 4.01. The van der Waals surface area contributed by atoms with E-state index in [0.29, 0.717) is 40.0 Å². The maximum absolute atomic E-state index is 12.9. The number of rotatable bonds is 5. The molecule has 1 amide bonds. The number of nitro groups is 1. The molecule has 164 valence electrons. The van der Waals surface area contributed by atoms with Crippen molar-refractivity contribution in [3.05, 3.63) is 58.1 Å². The maximum atomic E-state index is 12.9. The summed E-state index contributed by atoms with van der Waals surface area (Å²) in [4.78, 5) is 29.7. The van der Waals surface area contributed by atoms with E-state index in [1.807, 2.05) is 6.07 Å². The minimum Gasteiger partial charge on any atom is -0.493 e. The van der Waals surface area contributed by atoms with Gasteiger partial charge < -0.3 is 9.47 Å².